The van der Waals surface area contributed by atoms with Crippen molar-refractivity contribution in [1.82, 2.24) is 19.5 Å². The quantitative estimate of drug-likeness (QED) is 0.258. The van der Waals surface area contributed by atoms with Crippen LogP contribution in [-0.2, 0) is 0 Å². The van der Waals surface area contributed by atoms with Crippen molar-refractivity contribution < 1.29 is 4.79 Å². The number of urea groups is 1. The van der Waals surface area contributed by atoms with Crippen LogP contribution in [0.1, 0.15) is 0 Å². The average molecular weight is 553 g/mol. The van der Waals surface area contributed by atoms with Crippen molar-refractivity contribution in [2.24, 2.45) is 0 Å². The summed E-state index contributed by atoms with van der Waals surface area (Å²) in [5.41, 5.74) is 13.2. The SMILES string of the molecule is CN1CCN(c2ccc(-c3cnn4c(N)c(-c5ccc(NC(=O)Nc6ccccc6Cl)cc5)cnc34)cc2)CC1. The van der Waals surface area contributed by atoms with Crippen molar-refractivity contribution in [3.63, 3.8) is 0 Å². The summed E-state index contributed by atoms with van der Waals surface area (Å²) in [4.78, 5) is 21.9. The molecule has 0 saturated carbocycles. The molecule has 0 radical (unpaired) electrons. The van der Waals surface area contributed by atoms with Gasteiger partial charge in [-0.2, -0.15) is 9.61 Å². The zero-order valence-electron chi connectivity index (χ0n) is 22.0. The van der Waals surface area contributed by atoms with Gasteiger partial charge in [-0.1, -0.05) is 48.0 Å². The van der Waals surface area contributed by atoms with Crippen molar-refractivity contribution >= 4 is 46.2 Å². The summed E-state index contributed by atoms with van der Waals surface area (Å²) in [5, 5.41) is 10.6. The number of carbonyl (C=O) groups is 1. The van der Waals surface area contributed by atoms with Crippen LogP contribution in [0.3, 0.4) is 0 Å². The highest BCUT2D eigenvalue weighted by Gasteiger charge is 2.17. The van der Waals surface area contributed by atoms with Crippen LogP contribution >= 0.6 is 11.6 Å². The van der Waals surface area contributed by atoms with Gasteiger partial charge in [0.2, 0.25) is 0 Å². The number of hydrogen-bond donors (Lipinski definition) is 3. The minimum absolute atomic E-state index is 0.385. The summed E-state index contributed by atoms with van der Waals surface area (Å²) in [7, 11) is 2.16. The topological polar surface area (TPSA) is 104 Å². The molecule has 10 heteroatoms. The second kappa shape index (κ2) is 10.9. The smallest absolute Gasteiger partial charge is 0.323 e. The van der Waals surface area contributed by atoms with Gasteiger partial charge in [0.25, 0.3) is 0 Å². The number of rotatable bonds is 5. The summed E-state index contributed by atoms with van der Waals surface area (Å²) in [6.45, 7) is 4.19. The minimum Gasteiger partial charge on any atom is -0.383 e. The van der Waals surface area contributed by atoms with Crippen molar-refractivity contribution in [2.45, 2.75) is 0 Å². The molecule has 5 aromatic rings. The lowest BCUT2D eigenvalue weighted by molar-refractivity contribution is 0.262. The molecule has 2 aromatic heterocycles. The van der Waals surface area contributed by atoms with Gasteiger partial charge >= 0.3 is 6.03 Å². The third kappa shape index (κ3) is 5.16. The molecule has 1 aliphatic rings. The fourth-order valence-corrected chi connectivity index (χ4v) is 5.05. The van der Waals surface area contributed by atoms with Gasteiger partial charge in [-0.05, 0) is 54.6 Å². The van der Waals surface area contributed by atoms with Gasteiger partial charge in [0.05, 0.1) is 16.9 Å². The van der Waals surface area contributed by atoms with Crippen molar-refractivity contribution in [3.05, 3.63) is 90.2 Å². The maximum absolute atomic E-state index is 12.4. The van der Waals surface area contributed by atoms with E-state index in [1.807, 2.05) is 24.3 Å². The third-order valence-corrected chi connectivity index (χ3v) is 7.52. The predicted octanol–water partition coefficient (Wildman–Crippen LogP) is 5.69. The van der Waals surface area contributed by atoms with Crippen molar-refractivity contribution in [2.75, 3.05) is 54.5 Å². The summed E-state index contributed by atoms with van der Waals surface area (Å²) < 4.78 is 1.67. The molecule has 1 aliphatic heterocycles. The number of likely N-dealkylation sites (N-methyl/N-ethyl adjacent to an activating group) is 1. The van der Waals surface area contributed by atoms with Crippen molar-refractivity contribution in [1.29, 1.82) is 0 Å². The Labute approximate surface area is 237 Å². The number of halogens is 1. The zero-order chi connectivity index (χ0) is 27.6. The molecule has 40 heavy (non-hydrogen) atoms. The molecule has 6 rings (SSSR count). The second-order valence-electron chi connectivity index (χ2n) is 9.82. The highest BCUT2D eigenvalue weighted by atomic mass is 35.5. The number of para-hydroxylation sites is 1. The van der Waals surface area contributed by atoms with E-state index in [0.717, 1.165) is 48.4 Å². The van der Waals surface area contributed by atoms with E-state index in [-0.39, 0.29) is 6.03 Å². The number of carbonyl (C=O) groups excluding carboxylic acids is 1. The number of piperazine rings is 1. The predicted molar refractivity (Wildman–Crippen MR) is 162 cm³/mol. The maximum atomic E-state index is 12.4. The van der Waals surface area contributed by atoms with E-state index < -0.39 is 0 Å². The lowest BCUT2D eigenvalue weighted by atomic mass is 10.1. The normalized spacial score (nSPS) is 13.9. The number of fused-ring (bicyclic) bond motifs is 1. The Morgan fingerprint density at radius 2 is 1.52 bits per heavy atom. The highest BCUT2D eigenvalue weighted by Crippen LogP contribution is 2.31. The third-order valence-electron chi connectivity index (χ3n) is 7.19. The van der Waals surface area contributed by atoms with Gasteiger partial charge in [0.1, 0.15) is 5.82 Å². The van der Waals surface area contributed by atoms with E-state index in [9.17, 15) is 4.79 Å². The molecule has 3 aromatic carbocycles. The Bertz CT molecular complexity index is 1660. The first-order valence-electron chi connectivity index (χ1n) is 13.1. The number of nitrogen functional groups attached to an aromatic ring is 1. The molecule has 0 bridgehead atoms. The number of hydrogen-bond acceptors (Lipinski definition) is 6. The van der Waals surface area contributed by atoms with Gasteiger partial charge in [-0.25, -0.2) is 9.78 Å². The van der Waals surface area contributed by atoms with Gasteiger partial charge in [0.15, 0.2) is 5.65 Å². The molecular weight excluding hydrogens is 524 g/mol. The molecule has 202 valence electrons. The highest BCUT2D eigenvalue weighted by molar-refractivity contribution is 6.33. The Kier molecular flexibility index (Phi) is 6.98. The fraction of sp³-hybridized carbons (Fsp3) is 0.167. The number of nitrogens with one attached hydrogen (secondary N) is 2. The van der Waals surface area contributed by atoms with Crippen LogP contribution in [0, 0.1) is 0 Å². The summed E-state index contributed by atoms with van der Waals surface area (Å²) in [6, 6.07) is 22.6. The van der Waals surface area contributed by atoms with Crippen molar-refractivity contribution in [3.8, 4) is 22.3 Å². The summed E-state index contributed by atoms with van der Waals surface area (Å²) >= 11 is 6.12. The number of anilines is 4. The van der Waals surface area contributed by atoms with Crippen LogP contribution in [0.15, 0.2) is 85.2 Å². The number of benzene rings is 3. The molecule has 3 heterocycles. The lowest BCUT2D eigenvalue weighted by Crippen LogP contribution is -2.44. The van der Waals surface area contributed by atoms with E-state index in [0.29, 0.717) is 27.9 Å². The number of amides is 2. The first-order valence-corrected chi connectivity index (χ1v) is 13.4. The molecule has 0 aliphatic carbocycles. The first-order chi connectivity index (χ1) is 19.5. The van der Waals surface area contributed by atoms with Crippen LogP contribution in [0.5, 0.6) is 0 Å². The molecule has 9 nitrogen and oxygen atoms in total. The Morgan fingerprint density at radius 3 is 2.25 bits per heavy atom. The number of nitrogens with zero attached hydrogens (tertiary/aromatic N) is 5. The van der Waals surface area contributed by atoms with E-state index >= 15 is 0 Å². The first kappa shape index (κ1) is 25.7. The number of aromatic nitrogens is 3. The summed E-state index contributed by atoms with van der Waals surface area (Å²) in [5.74, 6) is 0.488. The number of nitrogens with two attached hydrogens (primary N) is 1. The van der Waals surface area contributed by atoms with Gasteiger partial charge in [-0.15, -0.1) is 0 Å². The van der Waals surface area contributed by atoms with Crippen LogP contribution in [0.4, 0.5) is 27.7 Å². The second-order valence-corrected chi connectivity index (χ2v) is 10.2. The molecule has 0 spiro atoms. The van der Waals surface area contributed by atoms with Gasteiger partial charge in [-0.3, -0.25) is 0 Å². The van der Waals surface area contributed by atoms with Gasteiger partial charge in [0, 0.05) is 54.9 Å². The van der Waals surface area contributed by atoms with E-state index in [1.54, 1.807) is 41.2 Å². The Balaban J connectivity index is 1.18. The molecule has 0 atom stereocenters. The van der Waals surface area contributed by atoms with Crippen LogP contribution in [0.2, 0.25) is 5.02 Å². The lowest BCUT2D eigenvalue weighted by Gasteiger charge is -2.34. The zero-order valence-corrected chi connectivity index (χ0v) is 22.8. The molecule has 1 saturated heterocycles. The molecule has 0 unspecified atom stereocenters. The standard InChI is InChI=1S/C30H29ClN8O/c1-37-14-16-38(17-15-37)23-12-8-21(9-13-23)25-19-34-39-28(32)24(18-33-29(25)39)20-6-10-22(11-7-20)35-30(40)36-27-5-3-2-4-26(27)31/h2-13,18-19H,14-17,32H2,1H3,(H2,35,36,40). The summed E-state index contributed by atoms with van der Waals surface area (Å²) in [6.07, 6.45) is 3.57. The van der Waals surface area contributed by atoms with Gasteiger partial charge < -0.3 is 26.2 Å². The molecular formula is C30H29ClN8O. The molecule has 2 amide bonds. The fourth-order valence-electron chi connectivity index (χ4n) is 4.87. The van der Waals surface area contributed by atoms with E-state index in [4.69, 9.17) is 22.3 Å². The molecule has 1 fully saturated rings. The minimum atomic E-state index is -0.385. The largest absolute Gasteiger partial charge is 0.383 e. The monoisotopic (exact) mass is 552 g/mol. The molecule has 4 N–H and O–H groups in total. The maximum Gasteiger partial charge on any atom is 0.323 e. The van der Waals surface area contributed by atoms with E-state index in [1.165, 1.54) is 5.69 Å². The average Bonchev–Trinajstić information content (AvgIpc) is 3.41. The van der Waals surface area contributed by atoms with Crippen LogP contribution < -0.4 is 21.3 Å². The van der Waals surface area contributed by atoms with Crippen LogP contribution in [-0.4, -0.2) is 58.8 Å². The Hall–Kier alpha value is -4.60. The Morgan fingerprint density at radius 1 is 0.850 bits per heavy atom. The van der Waals surface area contributed by atoms with E-state index in [2.05, 4.69) is 56.8 Å². The van der Waals surface area contributed by atoms with Crippen LogP contribution in [0.25, 0.3) is 27.9 Å².